The first-order valence-electron chi connectivity index (χ1n) is 10.3. The third-order valence-electron chi connectivity index (χ3n) is 5.87. The van der Waals surface area contributed by atoms with Crippen LogP contribution in [-0.2, 0) is 12.8 Å². The molecule has 1 fully saturated rings. The van der Waals surface area contributed by atoms with Gasteiger partial charge in [0.25, 0.3) is 0 Å². The number of hydrogen-bond donors (Lipinski definition) is 1. The molecule has 0 spiro atoms. The summed E-state index contributed by atoms with van der Waals surface area (Å²) in [5.41, 5.74) is 4.06. The molecule has 1 atom stereocenters. The minimum absolute atomic E-state index is 0.797. The lowest BCUT2D eigenvalue weighted by Crippen LogP contribution is -2.36. The van der Waals surface area contributed by atoms with E-state index in [-0.39, 0.29) is 0 Å². The SMILES string of the molecule is Clc1ccc2c(CCCCN3CCCC(Cc4ccccc4)C3)c[nH]c2c1. The summed E-state index contributed by atoms with van der Waals surface area (Å²) in [7, 11) is 0. The highest BCUT2D eigenvalue weighted by atomic mass is 35.5. The molecular formula is C24H29ClN2. The highest BCUT2D eigenvalue weighted by molar-refractivity contribution is 6.31. The second-order valence-electron chi connectivity index (χ2n) is 7.96. The molecule has 2 heterocycles. The van der Waals surface area contributed by atoms with E-state index in [0.717, 1.165) is 22.9 Å². The normalized spacial score (nSPS) is 18.2. The number of rotatable bonds is 7. The summed E-state index contributed by atoms with van der Waals surface area (Å²) in [6.07, 6.45) is 9.77. The molecule has 1 N–H and O–H groups in total. The van der Waals surface area contributed by atoms with Gasteiger partial charge in [0.2, 0.25) is 0 Å². The number of halogens is 1. The van der Waals surface area contributed by atoms with Crippen molar-refractivity contribution < 1.29 is 0 Å². The van der Waals surface area contributed by atoms with Crippen LogP contribution in [0.3, 0.4) is 0 Å². The Labute approximate surface area is 167 Å². The number of fused-ring (bicyclic) bond motifs is 1. The Morgan fingerprint density at radius 1 is 1.07 bits per heavy atom. The van der Waals surface area contributed by atoms with Crippen molar-refractivity contribution in [1.29, 1.82) is 0 Å². The van der Waals surface area contributed by atoms with Crippen LogP contribution < -0.4 is 0 Å². The summed E-state index contributed by atoms with van der Waals surface area (Å²) in [5.74, 6) is 0.819. The van der Waals surface area contributed by atoms with Crippen LogP contribution in [0.4, 0.5) is 0 Å². The van der Waals surface area contributed by atoms with E-state index in [0.29, 0.717) is 0 Å². The predicted molar refractivity (Wildman–Crippen MR) is 116 cm³/mol. The predicted octanol–water partition coefficient (Wildman–Crippen LogP) is 6.10. The number of aromatic nitrogens is 1. The fourth-order valence-corrected chi connectivity index (χ4v) is 4.66. The zero-order valence-electron chi connectivity index (χ0n) is 16.0. The first kappa shape index (κ1) is 18.6. The molecule has 27 heavy (non-hydrogen) atoms. The van der Waals surface area contributed by atoms with E-state index in [1.165, 1.54) is 68.3 Å². The van der Waals surface area contributed by atoms with Gasteiger partial charge in [-0.3, -0.25) is 0 Å². The molecule has 142 valence electrons. The van der Waals surface area contributed by atoms with Crippen LogP contribution in [0.2, 0.25) is 5.02 Å². The molecule has 0 aliphatic carbocycles. The van der Waals surface area contributed by atoms with Gasteiger partial charge in [-0.2, -0.15) is 0 Å². The van der Waals surface area contributed by atoms with E-state index in [1.54, 1.807) is 0 Å². The minimum atomic E-state index is 0.797. The van der Waals surface area contributed by atoms with E-state index in [2.05, 4.69) is 52.5 Å². The van der Waals surface area contributed by atoms with Crippen LogP contribution in [0.1, 0.15) is 36.8 Å². The zero-order valence-corrected chi connectivity index (χ0v) is 16.7. The number of aryl methyl sites for hydroxylation is 1. The summed E-state index contributed by atoms with van der Waals surface area (Å²) in [6, 6.07) is 17.1. The molecule has 0 amide bonds. The Kier molecular flexibility index (Phi) is 6.16. The van der Waals surface area contributed by atoms with Crippen LogP contribution in [0.5, 0.6) is 0 Å². The number of nitrogens with zero attached hydrogens (tertiary/aromatic N) is 1. The Morgan fingerprint density at radius 3 is 2.85 bits per heavy atom. The number of benzene rings is 2. The van der Waals surface area contributed by atoms with Gasteiger partial charge in [-0.15, -0.1) is 0 Å². The van der Waals surface area contributed by atoms with Gasteiger partial charge in [-0.25, -0.2) is 0 Å². The van der Waals surface area contributed by atoms with Gasteiger partial charge in [0.15, 0.2) is 0 Å². The van der Waals surface area contributed by atoms with E-state index in [4.69, 9.17) is 11.6 Å². The summed E-state index contributed by atoms with van der Waals surface area (Å²) in [4.78, 5) is 6.04. The van der Waals surface area contributed by atoms with Crippen molar-refractivity contribution in [2.75, 3.05) is 19.6 Å². The number of H-pyrrole nitrogens is 1. The summed E-state index contributed by atoms with van der Waals surface area (Å²) in [5, 5.41) is 2.12. The van der Waals surface area contributed by atoms with E-state index >= 15 is 0 Å². The highest BCUT2D eigenvalue weighted by Crippen LogP contribution is 2.24. The Bertz CT molecular complexity index is 855. The quantitative estimate of drug-likeness (QED) is 0.491. The van der Waals surface area contributed by atoms with Crippen LogP contribution in [0.25, 0.3) is 10.9 Å². The average Bonchev–Trinajstić information content (AvgIpc) is 3.08. The highest BCUT2D eigenvalue weighted by Gasteiger charge is 2.19. The molecule has 1 aliphatic heterocycles. The molecule has 4 rings (SSSR count). The monoisotopic (exact) mass is 380 g/mol. The first-order chi connectivity index (χ1) is 13.3. The minimum Gasteiger partial charge on any atom is -0.361 e. The fourth-order valence-electron chi connectivity index (χ4n) is 4.48. The fraction of sp³-hybridized carbons (Fsp3) is 0.417. The molecule has 3 heteroatoms. The molecule has 2 aromatic carbocycles. The van der Waals surface area contributed by atoms with Crippen LogP contribution in [0, 0.1) is 5.92 Å². The topological polar surface area (TPSA) is 19.0 Å². The van der Waals surface area contributed by atoms with Crippen molar-refractivity contribution in [3.8, 4) is 0 Å². The van der Waals surface area contributed by atoms with Crippen molar-refractivity contribution in [1.82, 2.24) is 9.88 Å². The van der Waals surface area contributed by atoms with Gasteiger partial charge in [0.1, 0.15) is 0 Å². The Hall–Kier alpha value is -1.77. The lowest BCUT2D eigenvalue weighted by Gasteiger charge is -2.32. The molecule has 3 aromatic rings. The number of nitrogens with one attached hydrogen (secondary N) is 1. The zero-order chi connectivity index (χ0) is 18.5. The molecule has 2 nitrogen and oxygen atoms in total. The third-order valence-corrected chi connectivity index (χ3v) is 6.11. The van der Waals surface area contributed by atoms with Crippen molar-refractivity contribution in [3.05, 3.63) is 70.9 Å². The maximum atomic E-state index is 6.08. The van der Waals surface area contributed by atoms with Gasteiger partial charge in [-0.1, -0.05) is 48.0 Å². The standard InChI is InChI=1S/C24H29ClN2/c25-22-11-12-23-21(17-26-24(23)16-22)10-4-5-13-27-14-6-9-20(18-27)15-19-7-2-1-3-8-19/h1-3,7-8,11-12,16-17,20,26H,4-6,9-10,13-15,18H2. The molecule has 0 radical (unpaired) electrons. The van der Waals surface area contributed by atoms with Crippen molar-refractivity contribution >= 4 is 22.5 Å². The lowest BCUT2D eigenvalue weighted by atomic mass is 9.91. The molecule has 0 saturated carbocycles. The van der Waals surface area contributed by atoms with E-state index < -0.39 is 0 Å². The maximum Gasteiger partial charge on any atom is 0.0471 e. The van der Waals surface area contributed by atoms with Crippen LogP contribution >= 0.6 is 11.6 Å². The molecular weight excluding hydrogens is 352 g/mol. The molecule has 1 aromatic heterocycles. The van der Waals surface area contributed by atoms with Crippen molar-refractivity contribution in [2.45, 2.75) is 38.5 Å². The van der Waals surface area contributed by atoms with Gasteiger partial charge in [0, 0.05) is 28.7 Å². The van der Waals surface area contributed by atoms with Gasteiger partial charge in [-0.05, 0) is 80.8 Å². The number of likely N-dealkylation sites (tertiary alicyclic amines) is 1. The number of hydrogen-bond acceptors (Lipinski definition) is 1. The molecule has 0 bridgehead atoms. The first-order valence-corrected chi connectivity index (χ1v) is 10.7. The van der Waals surface area contributed by atoms with Crippen LogP contribution in [0.15, 0.2) is 54.7 Å². The second-order valence-corrected chi connectivity index (χ2v) is 8.40. The number of piperidine rings is 1. The van der Waals surface area contributed by atoms with E-state index in [1.807, 2.05) is 12.1 Å². The van der Waals surface area contributed by atoms with Crippen molar-refractivity contribution in [3.63, 3.8) is 0 Å². The molecule has 1 aliphatic rings. The van der Waals surface area contributed by atoms with Crippen LogP contribution in [-0.4, -0.2) is 29.5 Å². The van der Waals surface area contributed by atoms with Gasteiger partial charge in [0.05, 0.1) is 0 Å². The maximum absolute atomic E-state index is 6.08. The summed E-state index contributed by atoms with van der Waals surface area (Å²) >= 11 is 6.08. The average molecular weight is 381 g/mol. The Balaban J connectivity index is 1.23. The van der Waals surface area contributed by atoms with E-state index in [9.17, 15) is 0 Å². The van der Waals surface area contributed by atoms with Gasteiger partial charge >= 0.3 is 0 Å². The summed E-state index contributed by atoms with van der Waals surface area (Å²) in [6.45, 7) is 3.77. The smallest absolute Gasteiger partial charge is 0.0471 e. The number of unbranched alkanes of at least 4 members (excludes halogenated alkanes) is 1. The van der Waals surface area contributed by atoms with Gasteiger partial charge < -0.3 is 9.88 Å². The lowest BCUT2D eigenvalue weighted by molar-refractivity contribution is 0.171. The second kappa shape index (κ2) is 8.95. The largest absolute Gasteiger partial charge is 0.361 e. The Morgan fingerprint density at radius 2 is 1.96 bits per heavy atom. The molecule has 1 unspecified atom stereocenters. The van der Waals surface area contributed by atoms with Crippen molar-refractivity contribution in [2.24, 2.45) is 5.92 Å². The summed E-state index contributed by atoms with van der Waals surface area (Å²) < 4.78 is 0. The third kappa shape index (κ3) is 4.94. The molecule has 1 saturated heterocycles. The number of aromatic amines is 1.